The number of benzene rings is 1. The number of rotatable bonds is 5. The standard InChI is InChI=1S/C15H20N2O4/c1-17(12-7-4-3-6-11(12)13(18)19)14(20)16-10-15(21-2)8-5-9-15/h3-4,6-7H,5,8-10H2,1-2H3,(H,16,20)(H,18,19). The lowest BCUT2D eigenvalue weighted by Crippen LogP contribution is -2.51. The molecule has 6 heteroatoms. The van der Waals surface area contributed by atoms with E-state index in [2.05, 4.69) is 5.32 Å². The lowest BCUT2D eigenvalue weighted by molar-refractivity contribution is -0.0672. The van der Waals surface area contributed by atoms with Crippen LogP contribution in [0.5, 0.6) is 0 Å². The Kier molecular flexibility index (Phi) is 4.47. The summed E-state index contributed by atoms with van der Waals surface area (Å²) in [4.78, 5) is 24.7. The molecule has 114 valence electrons. The molecule has 0 atom stereocenters. The fraction of sp³-hybridized carbons (Fsp3) is 0.467. The molecule has 0 aromatic heterocycles. The number of nitrogens with zero attached hydrogens (tertiary/aromatic N) is 1. The third-order valence-electron chi connectivity index (χ3n) is 4.06. The van der Waals surface area contributed by atoms with Crippen LogP contribution in [0.15, 0.2) is 24.3 Å². The molecular weight excluding hydrogens is 272 g/mol. The molecule has 1 aliphatic rings. The first-order valence-corrected chi connectivity index (χ1v) is 6.88. The highest BCUT2D eigenvalue weighted by atomic mass is 16.5. The number of carbonyl (C=O) groups is 2. The van der Waals surface area contributed by atoms with Gasteiger partial charge in [-0.25, -0.2) is 9.59 Å². The predicted octanol–water partition coefficient (Wildman–Crippen LogP) is 2.10. The predicted molar refractivity (Wildman–Crippen MR) is 78.8 cm³/mol. The van der Waals surface area contributed by atoms with Crippen LogP contribution in [0.2, 0.25) is 0 Å². The Morgan fingerprint density at radius 1 is 1.38 bits per heavy atom. The van der Waals surface area contributed by atoms with Crippen molar-refractivity contribution in [1.29, 1.82) is 0 Å². The maximum absolute atomic E-state index is 12.2. The number of carboxylic acids is 1. The largest absolute Gasteiger partial charge is 0.478 e. The number of carbonyl (C=O) groups excluding carboxylic acids is 1. The SMILES string of the molecule is COC1(CNC(=O)N(C)c2ccccc2C(=O)O)CCC1. The average Bonchev–Trinajstić information content (AvgIpc) is 2.45. The van der Waals surface area contributed by atoms with Gasteiger partial charge in [0.05, 0.1) is 16.9 Å². The van der Waals surface area contributed by atoms with Crippen LogP contribution in [0.4, 0.5) is 10.5 Å². The summed E-state index contributed by atoms with van der Waals surface area (Å²) in [7, 11) is 3.20. The topological polar surface area (TPSA) is 78.9 Å². The summed E-state index contributed by atoms with van der Waals surface area (Å²) in [6.45, 7) is 0.432. The molecular formula is C15H20N2O4. The van der Waals surface area contributed by atoms with Gasteiger partial charge in [0.15, 0.2) is 0 Å². The second-order valence-electron chi connectivity index (χ2n) is 5.28. The van der Waals surface area contributed by atoms with E-state index in [0.717, 1.165) is 19.3 Å². The molecule has 2 rings (SSSR count). The summed E-state index contributed by atoms with van der Waals surface area (Å²) in [5, 5.41) is 12.0. The number of aromatic carboxylic acids is 1. The second-order valence-corrected chi connectivity index (χ2v) is 5.28. The number of methoxy groups -OCH3 is 1. The third-order valence-corrected chi connectivity index (χ3v) is 4.06. The fourth-order valence-corrected chi connectivity index (χ4v) is 2.44. The van der Waals surface area contributed by atoms with Crippen molar-refractivity contribution in [3.05, 3.63) is 29.8 Å². The summed E-state index contributed by atoms with van der Waals surface area (Å²) < 4.78 is 5.44. The Morgan fingerprint density at radius 3 is 2.57 bits per heavy atom. The van der Waals surface area contributed by atoms with E-state index in [1.165, 1.54) is 11.0 Å². The fourth-order valence-electron chi connectivity index (χ4n) is 2.44. The molecule has 1 aliphatic carbocycles. The maximum atomic E-state index is 12.2. The molecule has 6 nitrogen and oxygen atoms in total. The van der Waals surface area contributed by atoms with Crippen molar-refractivity contribution >= 4 is 17.7 Å². The third kappa shape index (κ3) is 3.16. The Balaban J connectivity index is 2.04. The van der Waals surface area contributed by atoms with Crippen molar-refractivity contribution in [3.8, 4) is 0 Å². The number of hydrogen-bond acceptors (Lipinski definition) is 3. The first kappa shape index (κ1) is 15.3. The molecule has 0 saturated heterocycles. The Bertz CT molecular complexity index is 535. The molecule has 0 bridgehead atoms. The van der Waals surface area contributed by atoms with Crippen molar-refractivity contribution in [1.82, 2.24) is 5.32 Å². The molecule has 0 heterocycles. The van der Waals surface area contributed by atoms with Crippen LogP contribution in [-0.4, -0.2) is 43.4 Å². The number of ether oxygens (including phenoxy) is 1. The highest BCUT2D eigenvalue weighted by molar-refractivity contribution is 6.01. The van der Waals surface area contributed by atoms with Gasteiger partial charge in [0.25, 0.3) is 0 Å². The summed E-state index contributed by atoms with van der Waals surface area (Å²) >= 11 is 0. The quantitative estimate of drug-likeness (QED) is 0.871. The minimum absolute atomic E-state index is 0.0975. The summed E-state index contributed by atoms with van der Waals surface area (Å²) in [6, 6.07) is 6.08. The molecule has 0 spiro atoms. The van der Waals surface area contributed by atoms with Crippen LogP contribution >= 0.6 is 0 Å². The lowest BCUT2D eigenvalue weighted by Gasteiger charge is -2.40. The molecule has 1 aromatic carbocycles. The van der Waals surface area contributed by atoms with Crippen LogP contribution in [0.25, 0.3) is 0 Å². The Morgan fingerprint density at radius 2 is 2.05 bits per heavy atom. The molecule has 1 fully saturated rings. The van der Waals surface area contributed by atoms with Crippen LogP contribution in [-0.2, 0) is 4.74 Å². The van der Waals surface area contributed by atoms with E-state index in [4.69, 9.17) is 9.84 Å². The average molecular weight is 292 g/mol. The summed E-state index contributed by atoms with van der Waals surface area (Å²) in [5.74, 6) is -1.06. The number of nitrogens with one attached hydrogen (secondary N) is 1. The minimum Gasteiger partial charge on any atom is -0.478 e. The highest BCUT2D eigenvalue weighted by Crippen LogP contribution is 2.34. The number of hydrogen-bond donors (Lipinski definition) is 2. The van der Waals surface area contributed by atoms with Gasteiger partial charge in [0.1, 0.15) is 0 Å². The normalized spacial score (nSPS) is 15.9. The Labute approximate surface area is 123 Å². The van der Waals surface area contributed by atoms with Crippen LogP contribution < -0.4 is 10.2 Å². The molecule has 0 radical (unpaired) electrons. The van der Waals surface area contributed by atoms with Crippen molar-refractivity contribution in [3.63, 3.8) is 0 Å². The zero-order valence-electron chi connectivity index (χ0n) is 12.3. The van der Waals surface area contributed by atoms with Crippen molar-refractivity contribution < 1.29 is 19.4 Å². The van der Waals surface area contributed by atoms with Gasteiger partial charge in [-0.2, -0.15) is 0 Å². The van der Waals surface area contributed by atoms with Crippen LogP contribution in [0, 0.1) is 0 Å². The van der Waals surface area contributed by atoms with Gasteiger partial charge in [0.2, 0.25) is 0 Å². The van der Waals surface area contributed by atoms with E-state index in [1.54, 1.807) is 32.4 Å². The number of urea groups is 1. The molecule has 0 unspecified atom stereocenters. The zero-order valence-corrected chi connectivity index (χ0v) is 12.3. The van der Waals surface area contributed by atoms with Gasteiger partial charge in [-0.1, -0.05) is 12.1 Å². The van der Waals surface area contributed by atoms with E-state index in [0.29, 0.717) is 12.2 Å². The number of anilines is 1. The highest BCUT2D eigenvalue weighted by Gasteiger charge is 2.37. The number of carboxylic acid groups (broad SMARTS) is 1. The molecule has 0 aliphatic heterocycles. The lowest BCUT2D eigenvalue weighted by atomic mass is 9.80. The van der Waals surface area contributed by atoms with Gasteiger partial charge in [-0.05, 0) is 31.4 Å². The van der Waals surface area contributed by atoms with Gasteiger partial charge in [0, 0.05) is 20.7 Å². The first-order valence-electron chi connectivity index (χ1n) is 6.88. The van der Waals surface area contributed by atoms with Gasteiger partial charge in [-0.15, -0.1) is 0 Å². The van der Waals surface area contributed by atoms with Crippen LogP contribution in [0.1, 0.15) is 29.6 Å². The van der Waals surface area contributed by atoms with Crippen molar-refractivity contribution in [2.75, 3.05) is 25.6 Å². The second kappa shape index (κ2) is 6.13. The van der Waals surface area contributed by atoms with Gasteiger partial charge < -0.3 is 15.2 Å². The van der Waals surface area contributed by atoms with E-state index in [-0.39, 0.29) is 17.2 Å². The van der Waals surface area contributed by atoms with E-state index < -0.39 is 5.97 Å². The van der Waals surface area contributed by atoms with Crippen molar-refractivity contribution in [2.45, 2.75) is 24.9 Å². The molecule has 2 amide bonds. The van der Waals surface area contributed by atoms with Gasteiger partial charge in [-0.3, -0.25) is 4.90 Å². The first-order chi connectivity index (χ1) is 9.99. The molecule has 2 N–H and O–H groups in total. The minimum atomic E-state index is -1.06. The summed E-state index contributed by atoms with van der Waals surface area (Å²) in [5.41, 5.74) is 0.200. The summed E-state index contributed by atoms with van der Waals surface area (Å²) in [6.07, 6.45) is 2.96. The van der Waals surface area contributed by atoms with E-state index >= 15 is 0 Å². The Hall–Kier alpha value is -2.08. The number of para-hydroxylation sites is 1. The van der Waals surface area contributed by atoms with Crippen LogP contribution in [0.3, 0.4) is 0 Å². The monoisotopic (exact) mass is 292 g/mol. The van der Waals surface area contributed by atoms with E-state index in [1.807, 2.05) is 0 Å². The molecule has 21 heavy (non-hydrogen) atoms. The maximum Gasteiger partial charge on any atom is 0.337 e. The molecule has 1 saturated carbocycles. The number of amides is 2. The van der Waals surface area contributed by atoms with E-state index in [9.17, 15) is 9.59 Å². The molecule has 1 aromatic rings. The van der Waals surface area contributed by atoms with Crippen molar-refractivity contribution in [2.24, 2.45) is 0 Å². The van der Waals surface area contributed by atoms with Gasteiger partial charge >= 0.3 is 12.0 Å². The zero-order chi connectivity index (χ0) is 15.5. The smallest absolute Gasteiger partial charge is 0.337 e.